The summed E-state index contributed by atoms with van der Waals surface area (Å²) in [5.74, 6) is 0.293. The fourth-order valence-electron chi connectivity index (χ4n) is 2.92. The van der Waals surface area contributed by atoms with Crippen molar-refractivity contribution in [1.82, 2.24) is 4.90 Å². The van der Waals surface area contributed by atoms with Crippen LogP contribution in [0.25, 0.3) is 0 Å². The molecule has 0 spiro atoms. The molecule has 0 aromatic heterocycles. The summed E-state index contributed by atoms with van der Waals surface area (Å²) in [6.45, 7) is 6.84. The van der Waals surface area contributed by atoms with Crippen molar-refractivity contribution >= 4 is 29.1 Å². The molecule has 1 atom stereocenters. The van der Waals surface area contributed by atoms with E-state index in [9.17, 15) is 9.59 Å². The van der Waals surface area contributed by atoms with Crippen LogP contribution in [0.5, 0.6) is 5.75 Å². The van der Waals surface area contributed by atoms with Gasteiger partial charge >= 0.3 is 0 Å². The summed E-state index contributed by atoms with van der Waals surface area (Å²) in [5.41, 5.74) is 1.48. The van der Waals surface area contributed by atoms with Crippen LogP contribution >= 0.6 is 11.6 Å². The van der Waals surface area contributed by atoms with E-state index in [0.29, 0.717) is 23.0 Å². The van der Waals surface area contributed by atoms with Crippen LogP contribution in [0.3, 0.4) is 0 Å². The largest absolute Gasteiger partial charge is 0.495 e. The highest BCUT2D eigenvalue weighted by atomic mass is 35.5. The number of rotatable bonds is 4. The average molecular weight is 353 g/mol. The highest BCUT2D eigenvalue weighted by Crippen LogP contribution is 2.31. The van der Waals surface area contributed by atoms with Gasteiger partial charge in [0.1, 0.15) is 5.75 Å². The molecule has 6 heteroatoms. The second kappa shape index (κ2) is 7.88. The molecule has 1 aromatic carbocycles. The Morgan fingerprint density at radius 2 is 2.08 bits per heavy atom. The summed E-state index contributed by atoms with van der Waals surface area (Å²) < 4.78 is 5.30. The van der Waals surface area contributed by atoms with Gasteiger partial charge in [0.25, 0.3) is 0 Å². The standard InChI is InChI=1S/C18H25ClN2O3/c1-11(2)18(23)21-7-5-6-13(10-21)17(22)20-15-8-12(3)14(19)9-16(15)24-4/h8-9,11,13H,5-7,10H2,1-4H3,(H,20,22). The van der Waals surface area contributed by atoms with Gasteiger partial charge in [-0.25, -0.2) is 0 Å². The number of aryl methyl sites for hydroxylation is 1. The number of ether oxygens (including phenoxy) is 1. The van der Waals surface area contributed by atoms with Crippen LogP contribution in [-0.4, -0.2) is 36.9 Å². The monoisotopic (exact) mass is 352 g/mol. The highest BCUT2D eigenvalue weighted by Gasteiger charge is 2.29. The molecule has 2 rings (SSSR count). The first kappa shape index (κ1) is 18.6. The van der Waals surface area contributed by atoms with E-state index in [0.717, 1.165) is 24.9 Å². The molecule has 24 heavy (non-hydrogen) atoms. The molecule has 0 radical (unpaired) electrons. The summed E-state index contributed by atoms with van der Waals surface area (Å²) in [6, 6.07) is 3.50. The van der Waals surface area contributed by atoms with Crippen LogP contribution in [0.2, 0.25) is 5.02 Å². The van der Waals surface area contributed by atoms with Gasteiger partial charge in [0, 0.05) is 30.1 Å². The Balaban J connectivity index is 2.09. The van der Waals surface area contributed by atoms with Gasteiger partial charge < -0.3 is 15.0 Å². The highest BCUT2D eigenvalue weighted by molar-refractivity contribution is 6.31. The number of nitrogens with one attached hydrogen (secondary N) is 1. The van der Waals surface area contributed by atoms with E-state index in [1.807, 2.05) is 20.8 Å². The Hall–Kier alpha value is -1.75. The number of carbonyl (C=O) groups excluding carboxylic acids is 2. The summed E-state index contributed by atoms with van der Waals surface area (Å²) in [7, 11) is 1.54. The first-order valence-electron chi connectivity index (χ1n) is 8.27. The molecule has 1 heterocycles. The molecule has 1 aromatic rings. The predicted octanol–water partition coefficient (Wildman–Crippen LogP) is 3.49. The van der Waals surface area contributed by atoms with Crippen LogP contribution in [-0.2, 0) is 9.59 Å². The second-order valence-electron chi connectivity index (χ2n) is 6.57. The zero-order valence-electron chi connectivity index (χ0n) is 14.7. The van der Waals surface area contributed by atoms with Crippen molar-refractivity contribution in [2.75, 3.05) is 25.5 Å². The molecule has 0 bridgehead atoms. The van der Waals surface area contributed by atoms with E-state index in [1.54, 1.807) is 24.1 Å². The summed E-state index contributed by atoms with van der Waals surface area (Å²) in [4.78, 5) is 26.6. The molecular weight excluding hydrogens is 328 g/mol. The van der Waals surface area contributed by atoms with E-state index in [4.69, 9.17) is 16.3 Å². The van der Waals surface area contributed by atoms with E-state index in [2.05, 4.69) is 5.32 Å². The van der Waals surface area contributed by atoms with Crippen LogP contribution in [0, 0.1) is 18.8 Å². The quantitative estimate of drug-likeness (QED) is 0.902. The van der Waals surface area contributed by atoms with Crippen molar-refractivity contribution in [2.24, 2.45) is 11.8 Å². The number of anilines is 1. The van der Waals surface area contributed by atoms with Gasteiger partial charge in [-0.15, -0.1) is 0 Å². The Morgan fingerprint density at radius 3 is 2.71 bits per heavy atom. The summed E-state index contributed by atoms with van der Waals surface area (Å²) in [5, 5.41) is 3.52. The van der Waals surface area contributed by atoms with Crippen LogP contribution in [0.1, 0.15) is 32.3 Å². The zero-order chi connectivity index (χ0) is 17.9. The van der Waals surface area contributed by atoms with Gasteiger partial charge in [0.05, 0.1) is 18.7 Å². The maximum Gasteiger partial charge on any atom is 0.229 e. The molecule has 5 nitrogen and oxygen atoms in total. The number of nitrogens with zero attached hydrogens (tertiary/aromatic N) is 1. The molecule has 1 aliphatic heterocycles. The third-order valence-corrected chi connectivity index (χ3v) is 4.74. The van der Waals surface area contributed by atoms with E-state index >= 15 is 0 Å². The molecule has 2 amide bonds. The smallest absolute Gasteiger partial charge is 0.229 e. The third-order valence-electron chi connectivity index (χ3n) is 4.34. The van der Waals surface area contributed by atoms with Crippen molar-refractivity contribution in [3.63, 3.8) is 0 Å². The van der Waals surface area contributed by atoms with Crippen LogP contribution in [0.4, 0.5) is 5.69 Å². The normalized spacial score (nSPS) is 17.8. The van der Waals surface area contributed by atoms with Crippen LogP contribution in [0.15, 0.2) is 12.1 Å². The Bertz CT molecular complexity index is 631. The lowest BCUT2D eigenvalue weighted by molar-refractivity contribution is -0.137. The number of likely N-dealkylation sites (tertiary alicyclic amines) is 1. The Morgan fingerprint density at radius 1 is 1.38 bits per heavy atom. The Labute approximate surface area is 148 Å². The molecule has 1 aliphatic rings. The predicted molar refractivity (Wildman–Crippen MR) is 95.5 cm³/mol. The van der Waals surface area contributed by atoms with Crippen molar-refractivity contribution < 1.29 is 14.3 Å². The van der Waals surface area contributed by atoms with Crippen molar-refractivity contribution in [3.8, 4) is 5.75 Å². The molecule has 0 aliphatic carbocycles. The number of hydrogen-bond acceptors (Lipinski definition) is 3. The van der Waals surface area contributed by atoms with Gasteiger partial charge in [-0.1, -0.05) is 25.4 Å². The molecular formula is C18H25ClN2O3. The number of amides is 2. The topological polar surface area (TPSA) is 58.6 Å². The van der Waals surface area contributed by atoms with E-state index in [-0.39, 0.29) is 23.7 Å². The molecule has 1 unspecified atom stereocenters. The second-order valence-corrected chi connectivity index (χ2v) is 6.98. The third kappa shape index (κ3) is 4.20. The number of carbonyl (C=O) groups is 2. The minimum atomic E-state index is -0.206. The van der Waals surface area contributed by atoms with Crippen molar-refractivity contribution in [2.45, 2.75) is 33.6 Å². The number of hydrogen-bond donors (Lipinski definition) is 1. The summed E-state index contributed by atoms with van der Waals surface area (Å²) in [6.07, 6.45) is 1.62. The lowest BCUT2D eigenvalue weighted by Gasteiger charge is -2.33. The molecule has 1 saturated heterocycles. The van der Waals surface area contributed by atoms with Crippen molar-refractivity contribution in [1.29, 1.82) is 0 Å². The van der Waals surface area contributed by atoms with Gasteiger partial charge in [0.15, 0.2) is 0 Å². The van der Waals surface area contributed by atoms with E-state index < -0.39 is 0 Å². The fraction of sp³-hybridized carbons (Fsp3) is 0.556. The van der Waals surface area contributed by atoms with Crippen molar-refractivity contribution in [3.05, 3.63) is 22.7 Å². The molecule has 0 saturated carbocycles. The average Bonchev–Trinajstić information content (AvgIpc) is 2.57. The SMILES string of the molecule is COc1cc(Cl)c(C)cc1NC(=O)C1CCCN(C(=O)C(C)C)C1. The Kier molecular flexibility index (Phi) is 6.10. The fourth-order valence-corrected chi connectivity index (χ4v) is 3.07. The first-order valence-corrected chi connectivity index (χ1v) is 8.65. The van der Waals surface area contributed by atoms with E-state index in [1.165, 1.54) is 0 Å². The van der Waals surface area contributed by atoms with Gasteiger partial charge in [-0.05, 0) is 31.4 Å². The van der Waals surface area contributed by atoms with Gasteiger partial charge in [-0.2, -0.15) is 0 Å². The molecule has 132 valence electrons. The van der Waals surface area contributed by atoms with Gasteiger partial charge in [-0.3, -0.25) is 9.59 Å². The molecule has 1 N–H and O–H groups in total. The molecule has 1 fully saturated rings. The maximum atomic E-state index is 12.6. The number of methoxy groups -OCH3 is 1. The lowest BCUT2D eigenvalue weighted by Crippen LogP contribution is -2.45. The van der Waals surface area contributed by atoms with Gasteiger partial charge in [0.2, 0.25) is 11.8 Å². The minimum Gasteiger partial charge on any atom is -0.495 e. The first-order chi connectivity index (χ1) is 11.3. The minimum absolute atomic E-state index is 0.0502. The lowest BCUT2D eigenvalue weighted by atomic mass is 9.96. The van der Waals surface area contributed by atoms with Crippen LogP contribution < -0.4 is 10.1 Å². The summed E-state index contributed by atoms with van der Waals surface area (Å²) >= 11 is 6.10. The number of halogens is 1. The number of piperidine rings is 1. The zero-order valence-corrected chi connectivity index (χ0v) is 15.4. The number of benzene rings is 1. The maximum absolute atomic E-state index is 12.6.